The number of nitrogens with zero attached hydrogens (tertiary/aromatic N) is 1. The van der Waals surface area contributed by atoms with Crippen LogP contribution in [0.25, 0.3) is 0 Å². The fourth-order valence-corrected chi connectivity index (χ4v) is 3.05. The number of ether oxygens (including phenoxy) is 1. The summed E-state index contributed by atoms with van der Waals surface area (Å²) >= 11 is 5.95. The van der Waals surface area contributed by atoms with E-state index in [2.05, 4.69) is 5.32 Å². The highest BCUT2D eigenvalue weighted by Crippen LogP contribution is 2.18. The summed E-state index contributed by atoms with van der Waals surface area (Å²) in [6.45, 7) is 5.49. The number of hydrogen-bond acceptors (Lipinski definition) is 3. The number of amides is 2. The summed E-state index contributed by atoms with van der Waals surface area (Å²) in [5.41, 5.74) is 0.721. The van der Waals surface area contributed by atoms with E-state index in [1.807, 2.05) is 20.8 Å². The van der Waals surface area contributed by atoms with Crippen LogP contribution in [0.4, 0.5) is 4.39 Å². The highest BCUT2D eigenvalue weighted by atomic mass is 35.5. The molecule has 0 saturated heterocycles. The van der Waals surface area contributed by atoms with Crippen molar-refractivity contribution >= 4 is 23.4 Å². The summed E-state index contributed by atoms with van der Waals surface area (Å²) in [7, 11) is 0. The van der Waals surface area contributed by atoms with Gasteiger partial charge in [0.05, 0.1) is 0 Å². The van der Waals surface area contributed by atoms with Crippen LogP contribution in [-0.2, 0) is 16.1 Å². The average Bonchev–Trinajstić information content (AvgIpc) is 2.67. The molecule has 1 N–H and O–H groups in total. The third-order valence-electron chi connectivity index (χ3n) is 4.24. The Morgan fingerprint density at radius 1 is 1.17 bits per heavy atom. The van der Waals surface area contributed by atoms with Crippen molar-refractivity contribution in [2.24, 2.45) is 0 Å². The molecule has 1 unspecified atom stereocenters. The average molecular weight is 421 g/mol. The first-order chi connectivity index (χ1) is 13.8. The minimum atomic E-state index is -0.669. The van der Waals surface area contributed by atoms with Crippen molar-refractivity contribution in [3.05, 3.63) is 64.9 Å². The van der Waals surface area contributed by atoms with Crippen molar-refractivity contribution in [1.82, 2.24) is 10.2 Å². The van der Waals surface area contributed by atoms with Crippen LogP contribution >= 0.6 is 11.6 Å². The van der Waals surface area contributed by atoms with Crippen molar-refractivity contribution in [2.45, 2.75) is 45.8 Å². The summed E-state index contributed by atoms with van der Waals surface area (Å²) in [5, 5.41) is 3.35. The minimum Gasteiger partial charge on any atom is -0.484 e. The Balaban J connectivity index is 2.20. The normalized spacial score (nSPS) is 11.8. The van der Waals surface area contributed by atoms with Gasteiger partial charge in [-0.2, -0.15) is 0 Å². The molecule has 0 fully saturated rings. The first-order valence-electron chi connectivity index (χ1n) is 9.52. The Morgan fingerprint density at radius 3 is 2.45 bits per heavy atom. The van der Waals surface area contributed by atoms with E-state index in [9.17, 15) is 14.0 Å². The van der Waals surface area contributed by atoms with Gasteiger partial charge in [0, 0.05) is 17.6 Å². The SMILES string of the molecule is CCC(C(=O)NC(C)C)N(Cc1ccc(F)cc1)C(=O)COc1cccc(Cl)c1. The third kappa shape index (κ3) is 7.06. The quantitative estimate of drug-likeness (QED) is 0.661. The zero-order valence-electron chi connectivity index (χ0n) is 16.8. The lowest BCUT2D eigenvalue weighted by atomic mass is 10.1. The predicted molar refractivity (Wildman–Crippen MR) is 111 cm³/mol. The zero-order valence-corrected chi connectivity index (χ0v) is 17.6. The lowest BCUT2D eigenvalue weighted by molar-refractivity contribution is -0.143. The van der Waals surface area contributed by atoms with E-state index >= 15 is 0 Å². The summed E-state index contributed by atoms with van der Waals surface area (Å²) in [6.07, 6.45) is 0.433. The maximum Gasteiger partial charge on any atom is 0.261 e. The van der Waals surface area contributed by atoms with E-state index in [1.54, 1.807) is 36.4 Å². The molecular formula is C22H26ClFN2O3. The number of rotatable bonds is 9. The predicted octanol–water partition coefficient (Wildman–Crippen LogP) is 4.19. The Hall–Kier alpha value is -2.60. The molecule has 156 valence electrons. The molecule has 0 aromatic heterocycles. The largest absolute Gasteiger partial charge is 0.484 e. The van der Waals surface area contributed by atoms with E-state index in [0.29, 0.717) is 17.2 Å². The second-order valence-corrected chi connectivity index (χ2v) is 7.42. The maximum absolute atomic E-state index is 13.2. The van der Waals surface area contributed by atoms with Crippen LogP contribution in [0.1, 0.15) is 32.8 Å². The van der Waals surface area contributed by atoms with Crippen LogP contribution in [0.3, 0.4) is 0 Å². The van der Waals surface area contributed by atoms with Gasteiger partial charge in [0.2, 0.25) is 5.91 Å². The molecule has 0 bridgehead atoms. The molecular weight excluding hydrogens is 395 g/mol. The Kier molecular flexibility index (Phi) is 8.46. The first-order valence-corrected chi connectivity index (χ1v) is 9.90. The van der Waals surface area contributed by atoms with Gasteiger partial charge in [-0.05, 0) is 56.2 Å². The topological polar surface area (TPSA) is 58.6 Å². The molecule has 29 heavy (non-hydrogen) atoms. The fraction of sp³-hybridized carbons (Fsp3) is 0.364. The molecule has 0 aliphatic heterocycles. The molecule has 2 amide bonds. The molecule has 0 aliphatic rings. The minimum absolute atomic E-state index is 0.0537. The molecule has 7 heteroatoms. The molecule has 0 aliphatic carbocycles. The van der Waals surface area contributed by atoms with Crippen LogP contribution in [0, 0.1) is 5.82 Å². The fourth-order valence-electron chi connectivity index (χ4n) is 2.87. The van der Waals surface area contributed by atoms with Gasteiger partial charge in [-0.1, -0.05) is 36.7 Å². The van der Waals surface area contributed by atoms with Crippen LogP contribution < -0.4 is 10.1 Å². The summed E-state index contributed by atoms with van der Waals surface area (Å²) in [6, 6.07) is 11.9. The second-order valence-electron chi connectivity index (χ2n) is 6.98. The lowest BCUT2D eigenvalue weighted by Crippen LogP contribution is -2.51. The van der Waals surface area contributed by atoms with Gasteiger partial charge < -0.3 is 15.0 Å². The molecule has 0 heterocycles. The number of nitrogens with one attached hydrogen (secondary N) is 1. The third-order valence-corrected chi connectivity index (χ3v) is 4.48. The van der Waals surface area contributed by atoms with Crippen LogP contribution in [0.2, 0.25) is 5.02 Å². The van der Waals surface area contributed by atoms with Crippen LogP contribution in [0.15, 0.2) is 48.5 Å². The number of carbonyl (C=O) groups excluding carboxylic acids is 2. The van der Waals surface area contributed by atoms with E-state index < -0.39 is 6.04 Å². The van der Waals surface area contributed by atoms with E-state index in [-0.39, 0.29) is 36.8 Å². The van der Waals surface area contributed by atoms with Gasteiger partial charge in [0.25, 0.3) is 5.91 Å². The molecule has 0 spiro atoms. The van der Waals surface area contributed by atoms with Crippen molar-refractivity contribution in [3.8, 4) is 5.75 Å². The molecule has 5 nitrogen and oxygen atoms in total. The van der Waals surface area contributed by atoms with Crippen molar-refractivity contribution in [2.75, 3.05) is 6.61 Å². The van der Waals surface area contributed by atoms with Gasteiger partial charge in [0.15, 0.2) is 6.61 Å². The van der Waals surface area contributed by atoms with Crippen LogP contribution in [0.5, 0.6) is 5.75 Å². The lowest BCUT2D eigenvalue weighted by Gasteiger charge is -2.31. The van der Waals surface area contributed by atoms with Gasteiger partial charge >= 0.3 is 0 Å². The van der Waals surface area contributed by atoms with Gasteiger partial charge in [0.1, 0.15) is 17.6 Å². The summed E-state index contributed by atoms with van der Waals surface area (Å²) in [4.78, 5) is 27.1. The molecule has 0 saturated carbocycles. The van der Waals surface area contributed by atoms with Gasteiger partial charge in [-0.15, -0.1) is 0 Å². The van der Waals surface area contributed by atoms with Crippen molar-refractivity contribution in [1.29, 1.82) is 0 Å². The molecule has 1 atom stereocenters. The monoisotopic (exact) mass is 420 g/mol. The molecule has 2 aromatic carbocycles. The first kappa shape index (κ1) is 22.7. The second kappa shape index (κ2) is 10.8. The standard InChI is InChI=1S/C22H26ClFN2O3/c1-4-20(22(28)25-15(2)3)26(13-16-8-10-18(24)11-9-16)21(27)14-29-19-7-5-6-17(23)12-19/h5-12,15,20H,4,13-14H2,1-3H3,(H,25,28). The van der Waals surface area contributed by atoms with Crippen LogP contribution in [-0.4, -0.2) is 35.4 Å². The number of benzene rings is 2. The van der Waals surface area contributed by atoms with E-state index in [4.69, 9.17) is 16.3 Å². The Bertz CT molecular complexity index is 827. The number of hydrogen-bond donors (Lipinski definition) is 1. The Morgan fingerprint density at radius 2 is 1.86 bits per heavy atom. The highest BCUT2D eigenvalue weighted by molar-refractivity contribution is 6.30. The number of halogens is 2. The Labute approximate surface area is 175 Å². The van der Waals surface area contributed by atoms with Gasteiger partial charge in [-0.3, -0.25) is 9.59 Å². The smallest absolute Gasteiger partial charge is 0.261 e. The van der Waals surface area contributed by atoms with Crippen molar-refractivity contribution < 1.29 is 18.7 Å². The summed E-state index contributed by atoms with van der Waals surface area (Å²) < 4.78 is 18.8. The molecule has 0 radical (unpaired) electrons. The molecule has 2 rings (SSSR count). The van der Waals surface area contributed by atoms with E-state index in [0.717, 1.165) is 5.56 Å². The number of carbonyl (C=O) groups is 2. The summed E-state index contributed by atoms with van der Waals surface area (Å²) in [5.74, 6) is -0.478. The maximum atomic E-state index is 13.2. The van der Waals surface area contributed by atoms with E-state index in [1.165, 1.54) is 17.0 Å². The molecule has 2 aromatic rings. The highest BCUT2D eigenvalue weighted by Gasteiger charge is 2.29. The van der Waals surface area contributed by atoms with Crippen molar-refractivity contribution in [3.63, 3.8) is 0 Å². The van der Waals surface area contributed by atoms with Gasteiger partial charge in [-0.25, -0.2) is 4.39 Å². The zero-order chi connectivity index (χ0) is 21.4.